The number of H-pyrrole nitrogens is 1. The number of aliphatic imine (C=N–C) groups is 1. The second kappa shape index (κ2) is 11.9. The molecule has 0 bridgehead atoms. The van der Waals surface area contributed by atoms with Crippen LogP contribution in [0, 0.1) is 27.7 Å². The van der Waals surface area contributed by atoms with Gasteiger partial charge in [0.05, 0.1) is 23.3 Å². The quantitative estimate of drug-likeness (QED) is 0.172. The highest BCUT2D eigenvalue weighted by Gasteiger charge is 2.34. The number of fused-ring (bicyclic) bond motifs is 1. The van der Waals surface area contributed by atoms with Gasteiger partial charge in [0, 0.05) is 39.9 Å². The number of thiophene rings is 1. The van der Waals surface area contributed by atoms with Gasteiger partial charge in [0.25, 0.3) is 5.91 Å². The molecule has 5 aromatic rings. The summed E-state index contributed by atoms with van der Waals surface area (Å²) < 4.78 is 7.27. The minimum atomic E-state index is -0.944. The molecule has 0 atom stereocenters. The molecular weight excluding hydrogens is 593 g/mol. The Morgan fingerprint density at radius 3 is 2.57 bits per heavy atom. The van der Waals surface area contributed by atoms with Crippen molar-refractivity contribution < 1.29 is 19.4 Å². The van der Waals surface area contributed by atoms with E-state index in [-0.39, 0.29) is 5.91 Å². The van der Waals surface area contributed by atoms with E-state index >= 15 is 0 Å². The number of rotatable bonds is 8. The molecule has 44 heavy (non-hydrogen) atoms. The van der Waals surface area contributed by atoms with E-state index in [0.29, 0.717) is 33.6 Å². The topological polar surface area (TPSA) is 99.9 Å². The number of aromatic nitrogens is 2. The maximum absolute atomic E-state index is 13.9. The zero-order valence-electron chi connectivity index (χ0n) is 25.1. The molecular formula is C34H32N4O4S2. The third kappa shape index (κ3) is 5.35. The molecule has 0 spiro atoms. The molecule has 10 heteroatoms. The summed E-state index contributed by atoms with van der Waals surface area (Å²) in [5, 5.41) is 12.4. The first kappa shape index (κ1) is 29.5. The van der Waals surface area contributed by atoms with E-state index in [9.17, 15) is 14.7 Å². The lowest BCUT2D eigenvalue weighted by molar-refractivity contribution is -0.122. The van der Waals surface area contributed by atoms with Crippen LogP contribution in [0.4, 0.5) is 5.69 Å². The Labute approximate surface area is 263 Å². The van der Waals surface area contributed by atoms with E-state index in [1.54, 1.807) is 12.0 Å². The van der Waals surface area contributed by atoms with Crippen LogP contribution >= 0.6 is 23.1 Å². The van der Waals surface area contributed by atoms with Gasteiger partial charge in [0.1, 0.15) is 10.8 Å². The van der Waals surface area contributed by atoms with E-state index < -0.39 is 5.97 Å². The normalized spacial score (nSPS) is 15.3. The summed E-state index contributed by atoms with van der Waals surface area (Å²) in [5.74, 6) is -0.319. The number of para-hydroxylation sites is 1. The number of carbonyl (C=O) groups excluding carboxylic acids is 1. The molecule has 0 unspecified atom stereocenters. The van der Waals surface area contributed by atoms with Crippen molar-refractivity contribution in [2.45, 2.75) is 34.1 Å². The molecule has 2 N–H and O–H groups in total. The second-order valence-electron chi connectivity index (χ2n) is 10.7. The molecule has 2 aromatic carbocycles. The number of nitrogens with one attached hydrogen (secondary N) is 1. The minimum absolute atomic E-state index is 0.110. The molecule has 1 amide bonds. The monoisotopic (exact) mass is 624 g/mol. The average Bonchev–Trinajstić information content (AvgIpc) is 3.71. The second-order valence-corrected chi connectivity index (χ2v) is 12.9. The predicted octanol–water partition coefficient (Wildman–Crippen LogP) is 7.81. The number of carbonyl (C=O) groups is 2. The van der Waals surface area contributed by atoms with Gasteiger partial charge in [0.2, 0.25) is 0 Å². The van der Waals surface area contributed by atoms with Crippen molar-refractivity contribution in [3.05, 3.63) is 104 Å². The van der Waals surface area contributed by atoms with Crippen molar-refractivity contribution in [3.8, 4) is 10.8 Å². The molecule has 3 aromatic heterocycles. The zero-order chi connectivity index (χ0) is 31.1. The van der Waals surface area contributed by atoms with Crippen molar-refractivity contribution in [2.75, 3.05) is 13.7 Å². The number of thioether (sulfide) groups is 1. The number of aromatic amines is 1. The molecule has 1 aliphatic rings. The first-order valence-electron chi connectivity index (χ1n) is 14.2. The van der Waals surface area contributed by atoms with Crippen LogP contribution in [0.25, 0.3) is 22.0 Å². The van der Waals surface area contributed by atoms with Gasteiger partial charge in [-0.1, -0.05) is 18.2 Å². The largest absolute Gasteiger partial charge is 0.497 e. The maximum Gasteiger partial charge on any atom is 0.339 e. The van der Waals surface area contributed by atoms with Crippen LogP contribution < -0.4 is 4.74 Å². The van der Waals surface area contributed by atoms with Crippen LogP contribution in [0.1, 0.15) is 43.3 Å². The lowest BCUT2D eigenvalue weighted by Gasteiger charge is -2.15. The van der Waals surface area contributed by atoms with Gasteiger partial charge in [-0.15, -0.1) is 11.3 Å². The van der Waals surface area contributed by atoms with Crippen LogP contribution in [0.3, 0.4) is 0 Å². The van der Waals surface area contributed by atoms with Crippen LogP contribution in [-0.4, -0.2) is 50.3 Å². The fourth-order valence-electron chi connectivity index (χ4n) is 5.53. The fraction of sp³-hybridized carbons (Fsp3) is 0.206. The lowest BCUT2D eigenvalue weighted by Crippen LogP contribution is -2.31. The summed E-state index contributed by atoms with van der Waals surface area (Å²) in [6.07, 6.45) is 4.56. The number of aryl methyl sites for hydroxylation is 2. The number of hydrogen-bond donors (Lipinski definition) is 2. The Bertz CT molecular complexity index is 1980. The maximum atomic E-state index is 13.9. The molecule has 6 rings (SSSR count). The van der Waals surface area contributed by atoms with Gasteiger partial charge in [-0.2, -0.15) is 0 Å². The molecule has 0 saturated carbocycles. The van der Waals surface area contributed by atoms with Crippen LogP contribution in [-0.2, 0) is 11.2 Å². The Morgan fingerprint density at radius 2 is 1.84 bits per heavy atom. The molecule has 0 radical (unpaired) electrons. The number of amides is 1. The number of carboxylic acid groups (broad SMARTS) is 1. The molecule has 224 valence electrons. The number of carboxylic acids is 1. The van der Waals surface area contributed by atoms with E-state index in [4.69, 9.17) is 9.73 Å². The van der Waals surface area contributed by atoms with Crippen LogP contribution in [0.2, 0.25) is 0 Å². The lowest BCUT2D eigenvalue weighted by atomic mass is 10.1. The van der Waals surface area contributed by atoms with Gasteiger partial charge in [-0.25, -0.2) is 9.79 Å². The van der Waals surface area contributed by atoms with Crippen LogP contribution in [0.15, 0.2) is 70.7 Å². The van der Waals surface area contributed by atoms with Gasteiger partial charge < -0.3 is 19.4 Å². The summed E-state index contributed by atoms with van der Waals surface area (Å²) in [6.45, 7) is 8.17. The third-order valence-corrected chi connectivity index (χ3v) is 10.2. The van der Waals surface area contributed by atoms with Crippen molar-refractivity contribution in [1.82, 2.24) is 14.5 Å². The summed E-state index contributed by atoms with van der Waals surface area (Å²) >= 11 is 2.82. The highest BCUT2D eigenvalue weighted by molar-refractivity contribution is 8.18. The van der Waals surface area contributed by atoms with E-state index in [1.807, 2.05) is 93.1 Å². The summed E-state index contributed by atoms with van der Waals surface area (Å²) in [7, 11) is 1.62. The molecule has 4 heterocycles. The Hall–Kier alpha value is -4.54. The Balaban J connectivity index is 1.36. The minimum Gasteiger partial charge on any atom is -0.497 e. The summed E-state index contributed by atoms with van der Waals surface area (Å²) in [5.41, 5.74) is 6.65. The highest BCUT2D eigenvalue weighted by Crippen LogP contribution is 2.38. The van der Waals surface area contributed by atoms with Crippen molar-refractivity contribution in [1.29, 1.82) is 0 Å². The number of hydrogen-bond acceptors (Lipinski definition) is 6. The van der Waals surface area contributed by atoms with E-state index in [1.165, 1.54) is 23.1 Å². The number of nitrogens with zero attached hydrogens (tertiary/aromatic N) is 3. The van der Waals surface area contributed by atoms with E-state index in [2.05, 4.69) is 11.1 Å². The standard InChI is InChI=1S/C34H32N4O4S2/c1-19-16-24(21(3)38(19)32-30(33(40)41)20(2)22(4)43-32)17-29-31(39)37(15-14-23-18-35-28-9-7-6-8-27(23)28)34(44-29)36-25-10-12-26(42-5)13-11-25/h6-13,16-18,35H,14-15H2,1-5H3,(H,40,41)/b29-17-,36-34?. The van der Waals surface area contributed by atoms with E-state index in [0.717, 1.165) is 55.3 Å². The first-order valence-corrected chi connectivity index (χ1v) is 15.8. The number of methoxy groups -OCH3 is 1. The van der Waals surface area contributed by atoms with Crippen LogP contribution in [0.5, 0.6) is 5.75 Å². The number of amidine groups is 1. The summed E-state index contributed by atoms with van der Waals surface area (Å²) in [6, 6.07) is 17.6. The van der Waals surface area contributed by atoms with Gasteiger partial charge >= 0.3 is 5.97 Å². The Morgan fingerprint density at radius 1 is 1.09 bits per heavy atom. The number of ether oxygens (including phenoxy) is 1. The SMILES string of the molecule is COc1ccc(N=C2S/C(=C\c3cc(C)n(-c4sc(C)c(C)c4C(=O)O)c3C)C(=O)N2CCc2c[nH]c3ccccc23)cc1. The molecule has 1 saturated heterocycles. The van der Waals surface area contributed by atoms with Crippen molar-refractivity contribution in [3.63, 3.8) is 0 Å². The highest BCUT2D eigenvalue weighted by atomic mass is 32.2. The third-order valence-electron chi connectivity index (χ3n) is 8.01. The average molecular weight is 625 g/mol. The zero-order valence-corrected chi connectivity index (χ0v) is 26.7. The fourth-order valence-corrected chi connectivity index (χ4v) is 7.81. The van der Waals surface area contributed by atoms with Gasteiger partial charge in [0.15, 0.2) is 5.17 Å². The van der Waals surface area contributed by atoms with Gasteiger partial charge in [-0.3, -0.25) is 9.69 Å². The van der Waals surface area contributed by atoms with Gasteiger partial charge in [-0.05, 0) is 105 Å². The molecule has 0 aliphatic carbocycles. The van der Waals surface area contributed by atoms with Crippen molar-refractivity contribution in [2.24, 2.45) is 4.99 Å². The molecule has 1 aliphatic heterocycles. The molecule has 1 fully saturated rings. The Kier molecular flexibility index (Phi) is 7.96. The number of benzene rings is 2. The smallest absolute Gasteiger partial charge is 0.339 e. The van der Waals surface area contributed by atoms with Crippen molar-refractivity contribution >= 4 is 62.8 Å². The predicted molar refractivity (Wildman–Crippen MR) is 179 cm³/mol. The molecule has 8 nitrogen and oxygen atoms in total. The number of aromatic carboxylic acids is 1. The summed E-state index contributed by atoms with van der Waals surface area (Å²) in [4.78, 5) is 37.6. The first-order chi connectivity index (χ1) is 21.2.